The number of carbonyl (C=O) groups is 2. The van der Waals surface area contributed by atoms with E-state index in [-0.39, 0.29) is 16.5 Å². The quantitative estimate of drug-likeness (QED) is 0.472. The van der Waals surface area contributed by atoms with E-state index in [0.717, 1.165) is 11.3 Å². The van der Waals surface area contributed by atoms with Crippen LogP contribution in [0.5, 0.6) is 0 Å². The normalized spacial score (nSPS) is 9.93. The Bertz CT molecular complexity index is 353. The molecule has 1 aromatic rings. The zero-order valence-electron chi connectivity index (χ0n) is 7.17. The highest BCUT2D eigenvalue weighted by Gasteiger charge is 2.20. The fourth-order valence-corrected chi connectivity index (χ4v) is 2.05. The van der Waals surface area contributed by atoms with E-state index in [4.69, 9.17) is 23.2 Å². The number of hydrogen-bond acceptors (Lipinski definition) is 4. The van der Waals surface area contributed by atoms with Crippen LogP contribution >= 0.6 is 34.5 Å². The maximum absolute atomic E-state index is 11.3. The van der Waals surface area contributed by atoms with Gasteiger partial charge in [0, 0.05) is 0 Å². The van der Waals surface area contributed by atoms with Crippen LogP contribution in [0.1, 0.15) is 16.6 Å². The predicted octanol–water partition coefficient (Wildman–Crippen LogP) is 2.80. The van der Waals surface area contributed by atoms with Crippen molar-refractivity contribution in [2.45, 2.75) is 6.92 Å². The summed E-state index contributed by atoms with van der Waals surface area (Å²) in [5.41, 5.74) is 0. The molecule has 6 heteroatoms. The number of esters is 1. The van der Waals surface area contributed by atoms with Crippen molar-refractivity contribution in [1.29, 1.82) is 0 Å². The second-order valence-electron chi connectivity index (χ2n) is 2.28. The summed E-state index contributed by atoms with van der Waals surface area (Å²) in [6, 6.07) is 1.35. The molecule has 0 spiro atoms. The van der Waals surface area contributed by atoms with Gasteiger partial charge >= 0.3 is 5.97 Å². The lowest BCUT2D eigenvalue weighted by Gasteiger charge is -1.96. The molecule has 0 aliphatic heterocycles. The molecule has 0 N–H and O–H groups in total. The van der Waals surface area contributed by atoms with Crippen molar-refractivity contribution in [2.75, 3.05) is 6.61 Å². The van der Waals surface area contributed by atoms with Gasteiger partial charge in [0.25, 0.3) is 5.78 Å². The van der Waals surface area contributed by atoms with Gasteiger partial charge in [0.05, 0.1) is 16.5 Å². The van der Waals surface area contributed by atoms with Crippen LogP contribution in [0.3, 0.4) is 0 Å². The second-order valence-corrected chi connectivity index (χ2v) is 4.34. The van der Waals surface area contributed by atoms with E-state index in [1.807, 2.05) is 0 Å². The lowest BCUT2D eigenvalue weighted by molar-refractivity contribution is -0.137. The summed E-state index contributed by atoms with van der Waals surface area (Å²) in [6.45, 7) is 1.79. The zero-order chi connectivity index (χ0) is 10.7. The summed E-state index contributed by atoms with van der Waals surface area (Å²) in [5.74, 6) is -1.60. The molecule has 0 fully saturated rings. The van der Waals surface area contributed by atoms with Crippen molar-refractivity contribution in [1.82, 2.24) is 0 Å². The molecule has 1 rings (SSSR count). The van der Waals surface area contributed by atoms with Crippen LogP contribution in [0.4, 0.5) is 0 Å². The van der Waals surface area contributed by atoms with Crippen LogP contribution < -0.4 is 0 Å². The monoisotopic (exact) mass is 252 g/mol. The lowest BCUT2D eigenvalue weighted by atomic mass is 10.3. The third-order valence-electron chi connectivity index (χ3n) is 1.33. The average molecular weight is 253 g/mol. The van der Waals surface area contributed by atoms with Crippen molar-refractivity contribution in [2.24, 2.45) is 0 Å². The van der Waals surface area contributed by atoms with Crippen LogP contribution in [0.15, 0.2) is 6.07 Å². The standard InChI is InChI=1S/C8H6Cl2O3S/c1-2-13-8(12)6(11)5-3-4(9)7(10)14-5/h3H,2H2,1H3. The molecule has 3 nitrogen and oxygen atoms in total. The van der Waals surface area contributed by atoms with Crippen LogP contribution in [-0.2, 0) is 9.53 Å². The van der Waals surface area contributed by atoms with Gasteiger partial charge in [-0.25, -0.2) is 4.79 Å². The number of carbonyl (C=O) groups excluding carboxylic acids is 2. The number of Topliss-reactive ketones (excluding diaryl/α,β-unsaturated/α-hetero) is 1. The lowest BCUT2D eigenvalue weighted by Crippen LogP contribution is -2.16. The molecule has 0 atom stereocenters. The average Bonchev–Trinajstić information content (AvgIpc) is 2.46. The highest BCUT2D eigenvalue weighted by molar-refractivity contribution is 7.19. The maximum Gasteiger partial charge on any atom is 0.380 e. The minimum atomic E-state index is -0.887. The maximum atomic E-state index is 11.3. The van der Waals surface area contributed by atoms with Gasteiger partial charge in [-0.15, -0.1) is 11.3 Å². The zero-order valence-corrected chi connectivity index (χ0v) is 9.50. The molecule has 0 radical (unpaired) electrons. The van der Waals surface area contributed by atoms with E-state index in [1.165, 1.54) is 6.07 Å². The largest absolute Gasteiger partial charge is 0.460 e. The van der Waals surface area contributed by atoms with Gasteiger partial charge in [0.2, 0.25) is 0 Å². The first-order valence-electron chi connectivity index (χ1n) is 3.72. The summed E-state index contributed by atoms with van der Waals surface area (Å²) in [7, 11) is 0. The van der Waals surface area contributed by atoms with Gasteiger partial charge in [-0.3, -0.25) is 4.79 Å². The van der Waals surface area contributed by atoms with Gasteiger partial charge < -0.3 is 4.74 Å². The van der Waals surface area contributed by atoms with Crippen molar-refractivity contribution in [3.8, 4) is 0 Å². The molecule has 1 heterocycles. The summed E-state index contributed by atoms with van der Waals surface area (Å²) in [6.07, 6.45) is 0. The number of ketones is 1. The van der Waals surface area contributed by atoms with Crippen molar-refractivity contribution < 1.29 is 14.3 Å². The highest BCUT2D eigenvalue weighted by atomic mass is 35.5. The topological polar surface area (TPSA) is 43.4 Å². The smallest absolute Gasteiger partial charge is 0.380 e. The van der Waals surface area contributed by atoms with Crippen LogP contribution in [0.2, 0.25) is 9.36 Å². The molecular weight excluding hydrogens is 247 g/mol. The first-order chi connectivity index (χ1) is 6.56. The number of halogens is 2. The Morgan fingerprint density at radius 1 is 1.50 bits per heavy atom. The fraction of sp³-hybridized carbons (Fsp3) is 0.250. The number of ether oxygens (including phenoxy) is 1. The molecule has 14 heavy (non-hydrogen) atoms. The van der Waals surface area contributed by atoms with Gasteiger partial charge in [-0.1, -0.05) is 23.2 Å². The number of thiophene rings is 1. The van der Waals surface area contributed by atoms with Crippen LogP contribution in [-0.4, -0.2) is 18.4 Å². The highest BCUT2D eigenvalue weighted by Crippen LogP contribution is 2.31. The summed E-state index contributed by atoms with van der Waals surface area (Å²) in [4.78, 5) is 22.5. The summed E-state index contributed by atoms with van der Waals surface area (Å²) >= 11 is 12.2. The third kappa shape index (κ3) is 2.47. The molecule has 0 aromatic carbocycles. The Labute approximate surface area is 94.6 Å². The van der Waals surface area contributed by atoms with Gasteiger partial charge in [0.1, 0.15) is 4.34 Å². The van der Waals surface area contributed by atoms with Crippen molar-refractivity contribution in [3.05, 3.63) is 20.3 Å². The Hall–Kier alpha value is -0.580. The Kier molecular flexibility index (Phi) is 3.92. The minimum absolute atomic E-state index is 0.164. The van der Waals surface area contributed by atoms with Crippen molar-refractivity contribution in [3.63, 3.8) is 0 Å². The molecule has 0 aliphatic carbocycles. The molecule has 0 amide bonds. The van der Waals surface area contributed by atoms with Crippen molar-refractivity contribution >= 4 is 46.3 Å². The van der Waals surface area contributed by atoms with Crippen LogP contribution in [0, 0.1) is 0 Å². The Balaban J connectivity index is 2.84. The first-order valence-corrected chi connectivity index (χ1v) is 5.29. The SMILES string of the molecule is CCOC(=O)C(=O)c1cc(Cl)c(Cl)s1. The molecule has 76 valence electrons. The molecule has 0 saturated heterocycles. The Morgan fingerprint density at radius 3 is 2.57 bits per heavy atom. The minimum Gasteiger partial charge on any atom is -0.460 e. The van der Waals surface area contributed by atoms with Crippen LogP contribution in [0.25, 0.3) is 0 Å². The molecule has 1 aromatic heterocycles. The van der Waals surface area contributed by atoms with Gasteiger partial charge in [-0.2, -0.15) is 0 Å². The molecule has 0 saturated carbocycles. The van der Waals surface area contributed by atoms with E-state index >= 15 is 0 Å². The molecule has 0 bridgehead atoms. The fourth-order valence-electron chi connectivity index (χ4n) is 0.756. The van der Waals surface area contributed by atoms with E-state index in [9.17, 15) is 9.59 Å². The van der Waals surface area contributed by atoms with Gasteiger partial charge in [0.15, 0.2) is 0 Å². The predicted molar refractivity (Wildman–Crippen MR) is 55.3 cm³/mol. The number of rotatable bonds is 3. The number of hydrogen-bond donors (Lipinski definition) is 0. The summed E-state index contributed by atoms with van der Waals surface area (Å²) < 4.78 is 4.83. The second kappa shape index (κ2) is 4.77. The summed E-state index contributed by atoms with van der Waals surface area (Å²) in [5, 5.41) is 0.268. The molecular formula is C8H6Cl2O3S. The molecule has 0 aliphatic rings. The first kappa shape index (κ1) is 11.5. The third-order valence-corrected chi connectivity index (χ3v) is 3.19. The van der Waals surface area contributed by atoms with E-state index in [2.05, 4.69) is 4.74 Å². The van der Waals surface area contributed by atoms with E-state index in [0.29, 0.717) is 4.34 Å². The van der Waals surface area contributed by atoms with E-state index in [1.54, 1.807) is 6.92 Å². The van der Waals surface area contributed by atoms with E-state index < -0.39 is 11.8 Å². The molecule has 0 unspecified atom stereocenters. The Morgan fingerprint density at radius 2 is 2.14 bits per heavy atom. The van der Waals surface area contributed by atoms with Gasteiger partial charge in [-0.05, 0) is 13.0 Å².